The van der Waals surface area contributed by atoms with Gasteiger partial charge in [0.05, 0.1) is 13.2 Å². The molecule has 128 valence electrons. The normalized spacial score (nSPS) is 12.3. The average molecular weight is 322 g/mol. The van der Waals surface area contributed by atoms with Crippen LogP contribution in [-0.4, -0.2) is 45.1 Å². The summed E-state index contributed by atoms with van der Waals surface area (Å²) < 4.78 is 21.6. The molecule has 1 atom stereocenters. The summed E-state index contributed by atoms with van der Waals surface area (Å²) >= 11 is 0. The second-order valence-electron chi connectivity index (χ2n) is 4.86. The lowest BCUT2D eigenvalue weighted by molar-refractivity contribution is -0.141. The second-order valence-corrected chi connectivity index (χ2v) is 4.86. The van der Waals surface area contributed by atoms with E-state index >= 15 is 0 Å². The van der Waals surface area contributed by atoms with Crippen molar-refractivity contribution in [3.63, 3.8) is 0 Å². The summed E-state index contributed by atoms with van der Waals surface area (Å²) in [5.74, 6) is -0.271. The molecular formula is C18H26O5. The number of Topliss-reactive ketones (excluding diaryl/α,β-unsaturated/α-hetero) is 1. The number of ketones is 1. The van der Waals surface area contributed by atoms with Gasteiger partial charge in [0.25, 0.3) is 0 Å². The van der Waals surface area contributed by atoms with Gasteiger partial charge in [-0.1, -0.05) is 36.9 Å². The summed E-state index contributed by atoms with van der Waals surface area (Å²) in [6.07, 6.45) is -1.47. The number of benzene rings is 1. The molecule has 5 heteroatoms. The summed E-state index contributed by atoms with van der Waals surface area (Å²) in [6, 6.07) is 9.74. The van der Waals surface area contributed by atoms with Crippen LogP contribution in [-0.2, 0) is 30.3 Å². The summed E-state index contributed by atoms with van der Waals surface area (Å²) in [5, 5.41) is 0. The molecule has 0 N–H and O–H groups in total. The van der Waals surface area contributed by atoms with E-state index < -0.39 is 12.4 Å². The first-order valence-electron chi connectivity index (χ1n) is 7.74. The van der Waals surface area contributed by atoms with Gasteiger partial charge >= 0.3 is 0 Å². The lowest BCUT2D eigenvalue weighted by atomic mass is 10.1. The minimum Gasteiger partial charge on any atom is -0.374 e. The average Bonchev–Trinajstić information content (AvgIpc) is 2.58. The lowest BCUT2D eigenvalue weighted by Crippen LogP contribution is -2.35. The molecule has 1 rings (SSSR count). The van der Waals surface area contributed by atoms with E-state index in [0.717, 1.165) is 5.56 Å². The molecule has 5 nitrogen and oxygen atoms in total. The highest BCUT2D eigenvalue weighted by molar-refractivity contribution is 5.99. The molecule has 0 heterocycles. The maximum Gasteiger partial charge on any atom is 0.194 e. The number of methoxy groups -OCH3 is 1. The van der Waals surface area contributed by atoms with Gasteiger partial charge < -0.3 is 18.9 Å². The maximum atomic E-state index is 12.4. The van der Waals surface area contributed by atoms with E-state index in [4.69, 9.17) is 18.9 Å². The predicted molar refractivity (Wildman–Crippen MR) is 88.1 cm³/mol. The Balaban J connectivity index is 2.54. The van der Waals surface area contributed by atoms with Gasteiger partial charge in [0.15, 0.2) is 12.1 Å². The maximum absolute atomic E-state index is 12.4. The zero-order valence-corrected chi connectivity index (χ0v) is 14.1. The zero-order valence-electron chi connectivity index (χ0n) is 14.1. The Hall–Kier alpha value is -1.53. The van der Waals surface area contributed by atoms with E-state index in [1.165, 1.54) is 7.11 Å². The molecular weight excluding hydrogens is 296 g/mol. The van der Waals surface area contributed by atoms with Crippen molar-refractivity contribution in [2.75, 3.05) is 26.9 Å². The Morgan fingerprint density at radius 2 is 1.74 bits per heavy atom. The van der Waals surface area contributed by atoms with Crippen molar-refractivity contribution in [3.05, 3.63) is 48.0 Å². The molecule has 0 aliphatic rings. The van der Waals surface area contributed by atoms with Gasteiger partial charge in [-0.2, -0.15) is 0 Å². The van der Waals surface area contributed by atoms with E-state index in [0.29, 0.717) is 19.8 Å². The number of hydrogen-bond donors (Lipinski definition) is 0. The Morgan fingerprint density at radius 3 is 2.26 bits per heavy atom. The fourth-order valence-electron chi connectivity index (χ4n) is 1.98. The number of rotatable bonds is 12. The van der Waals surface area contributed by atoms with Gasteiger partial charge in [0, 0.05) is 25.9 Å². The molecule has 0 aliphatic carbocycles. The fourth-order valence-corrected chi connectivity index (χ4v) is 1.98. The molecule has 0 aliphatic heterocycles. The molecule has 0 amide bonds. The third-order valence-corrected chi connectivity index (χ3v) is 3.19. The number of carbonyl (C=O) groups excluding carboxylic acids is 1. The lowest BCUT2D eigenvalue weighted by Gasteiger charge is -2.22. The standard InChI is InChI=1S/C18H26O5/c1-5-22-18(23-6-2)14(3)17(19)16(20-4)13-21-12-15-10-8-7-9-11-15/h7-11,16,18H,3,5-6,12-13H2,1-2,4H3/t16-/m0/s1. The highest BCUT2D eigenvalue weighted by atomic mass is 16.7. The van der Waals surface area contributed by atoms with E-state index in [9.17, 15) is 4.79 Å². The Labute approximate surface area is 138 Å². The SMILES string of the molecule is C=C(C(=O)[C@H](COCc1ccccc1)OC)C(OCC)OCC. The first-order chi connectivity index (χ1) is 11.1. The first kappa shape index (κ1) is 19.5. The van der Waals surface area contributed by atoms with Crippen molar-refractivity contribution >= 4 is 5.78 Å². The predicted octanol–water partition coefficient (Wildman–Crippen LogP) is 2.74. The number of ether oxygens (including phenoxy) is 4. The van der Waals surface area contributed by atoms with Crippen molar-refractivity contribution in [3.8, 4) is 0 Å². The molecule has 23 heavy (non-hydrogen) atoms. The zero-order chi connectivity index (χ0) is 17.1. The molecule has 1 aromatic rings. The Morgan fingerprint density at radius 1 is 1.13 bits per heavy atom. The molecule has 0 saturated heterocycles. The quantitative estimate of drug-likeness (QED) is 0.437. The van der Waals surface area contributed by atoms with Crippen LogP contribution in [0.5, 0.6) is 0 Å². The van der Waals surface area contributed by atoms with Gasteiger partial charge in [0.1, 0.15) is 6.10 Å². The molecule has 0 saturated carbocycles. The van der Waals surface area contributed by atoms with Crippen LogP contribution in [0, 0.1) is 0 Å². The van der Waals surface area contributed by atoms with E-state index in [2.05, 4.69) is 6.58 Å². The van der Waals surface area contributed by atoms with Crippen LogP contribution in [0.25, 0.3) is 0 Å². The Kier molecular flexibility index (Phi) is 9.40. The van der Waals surface area contributed by atoms with Crippen LogP contribution in [0.4, 0.5) is 0 Å². The highest BCUT2D eigenvalue weighted by Crippen LogP contribution is 2.13. The molecule has 0 unspecified atom stereocenters. The van der Waals surface area contributed by atoms with E-state index in [1.54, 1.807) is 0 Å². The highest BCUT2D eigenvalue weighted by Gasteiger charge is 2.27. The Bertz CT molecular complexity index is 466. The minimum absolute atomic E-state index is 0.147. The fraction of sp³-hybridized carbons (Fsp3) is 0.500. The minimum atomic E-state index is -0.746. The smallest absolute Gasteiger partial charge is 0.194 e. The van der Waals surface area contributed by atoms with Crippen molar-refractivity contribution in [2.45, 2.75) is 32.8 Å². The van der Waals surface area contributed by atoms with Crippen LogP contribution >= 0.6 is 0 Å². The van der Waals surface area contributed by atoms with Gasteiger partial charge in [-0.25, -0.2) is 0 Å². The summed E-state index contributed by atoms with van der Waals surface area (Å²) in [4.78, 5) is 12.4. The van der Waals surface area contributed by atoms with Crippen molar-refractivity contribution in [2.24, 2.45) is 0 Å². The van der Waals surface area contributed by atoms with Crippen LogP contribution in [0.1, 0.15) is 19.4 Å². The number of hydrogen-bond acceptors (Lipinski definition) is 5. The van der Waals surface area contributed by atoms with Gasteiger partial charge in [0.2, 0.25) is 0 Å². The van der Waals surface area contributed by atoms with Crippen molar-refractivity contribution < 1.29 is 23.7 Å². The van der Waals surface area contributed by atoms with Crippen LogP contribution < -0.4 is 0 Å². The van der Waals surface area contributed by atoms with Gasteiger partial charge in [-0.3, -0.25) is 4.79 Å². The molecule has 0 spiro atoms. The third-order valence-electron chi connectivity index (χ3n) is 3.19. The van der Waals surface area contributed by atoms with Crippen molar-refractivity contribution in [1.29, 1.82) is 0 Å². The van der Waals surface area contributed by atoms with Gasteiger partial charge in [-0.15, -0.1) is 0 Å². The topological polar surface area (TPSA) is 54.0 Å². The summed E-state index contributed by atoms with van der Waals surface area (Å²) in [5.41, 5.74) is 1.28. The molecule has 0 bridgehead atoms. The van der Waals surface area contributed by atoms with Crippen molar-refractivity contribution in [1.82, 2.24) is 0 Å². The van der Waals surface area contributed by atoms with Crippen LogP contribution in [0.15, 0.2) is 42.5 Å². The summed E-state index contributed by atoms with van der Waals surface area (Å²) in [7, 11) is 1.47. The monoisotopic (exact) mass is 322 g/mol. The second kappa shape index (κ2) is 11.1. The third kappa shape index (κ3) is 6.62. The molecule has 1 aromatic carbocycles. The van der Waals surface area contributed by atoms with Crippen LogP contribution in [0.3, 0.4) is 0 Å². The van der Waals surface area contributed by atoms with Crippen LogP contribution in [0.2, 0.25) is 0 Å². The molecule has 0 aromatic heterocycles. The van der Waals surface area contributed by atoms with E-state index in [1.807, 2.05) is 44.2 Å². The van der Waals surface area contributed by atoms with E-state index in [-0.39, 0.29) is 18.0 Å². The largest absolute Gasteiger partial charge is 0.374 e. The molecule has 0 fully saturated rings. The van der Waals surface area contributed by atoms with Gasteiger partial charge in [-0.05, 0) is 19.4 Å². The summed E-state index contributed by atoms with van der Waals surface area (Å²) in [6.45, 7) is 8.88. The number of carbonyl (C=O) groups is 1. The first-order valence-corrected chi connectivity index (χ1v) is 7.74. The molecule has 0 radical (unpaired) electrons.